The fourth-order valence-corrected chi connectivity index (χ4v) is 1.71. The van der Waals surface area contributed by atoms with Crippen molar-refractivity contribution in [3.8, 4) is 0 Å². The molecule has 0 rings (SSSR count). The van der Waals surface area contributed by atoms with E-state index in [-0.39, 0.29) is 5.41 Å². The van der Waals surface area contributed by atoms with Crippen LogP contribution in [0.2, 0.25) is 0 Å². The van der Waals surface area contributed by atoms with Crippen molar-refractivity contribution in [2.45, 2.75) is 33.6 Å². The predicted molar refractivity (Wildman–Crippen MR) is 58.3 cm³/mol. The Hall–Kier alpha value is -0.680. The summed E-state index contributed by atoms with van der Waals surface area (Å²) < 4.78 is 0. The molecule has 84 valence electrons. The molecule has 5 nitrogen and oxygen atoms in total. The first kappa shape index (κ1) is 13.3. The van der Waals surface area contributed by atoms with E-state index in [2.05, 4.69) is 36.5 Å². The molecule has 5 N–H and O–H groups in total. The number of rotatable bonds is 7. The minimum absolute atomic E-state index is 0.288. The van der Waals surface area contributed by atoms with Crippen LogP contribution in [0.15, 0.2) is 10.3 Å². The first-order valence-corrected chi connectivity index (χ1v) is 5.02. The van der Waals surface area contributed by atoms with Crippen molar-refractivity contribution in [3.05, 3.63) is 0 Å². The highest BCUT2D eigenvalue weighted by atomic mass is 15.3. The topological polar surface area (TPSA) is 88.8 Å². The number of nitrogens with one attached hydrogen (secondary N) is 1. The van der Waals surface area contributed by atoms with Gasteiger partial charge in [-0.2, -0.15) is 5.11 Å². The van der Waals surface area contributed by atoms with Gasteiger partial charge < -0.3 is 5.84 Å². The van der Waals surface area contributed by atoms with Crippen molar-refractivity contribution in [2.75, 3.05) is 13.1 Å². The van der Waals surface area contributed by atoms with Crippen LogP contribution >= 0.6 is 0 Å². The third-order valence-corrected chi connectivity index (χ3v) is 2.32. The monoisotopic (exact) mass is 201 g/mol. The molecule has 0 aliphatic heterocycles. The normalized spacial score (nSPS) is 14.9. The zero-order valence-corrected chi connectivity index (χ0v) is 9.45. The van der Waals surface area contributed by atoms with E-state index in [1.54, 1.807) is 0 Å². The van der Waals surface area contributed by atoms with Crippen LogP contribution in [-0.4, -0.2) is 13.1 Å². The van der Waals surface area contributed by atoms with Gasteiger partial charge in [0.25, 0.3) is 0 Å². The van der Waals surface area contributed by atoms with E-state index in [1.165, 1.54) is 0 Å². The average Bonchev–Trinajstić information content (AvgIpc) is 2.11. The Kier molecular flexibility index (Phi) is 6.40. The van der Waals surface area contributed by atoms with Gasteiger partial charge in [0, 0.05) is 6.54 Å². The maximum Gasteiger partial charge on any atom is 0.0645 e. The number of nitrogens with zero attached hydrogens (tertiary/aromatic N) is 2. The molecule has 0 saturated carbocycles. The Morgan fingerprint density at radius 3 is 2.57 bits per heavy atom. The maximum absolute atomic E-state index is 5.25. The summed E-state index contributed by atoms with van der Waals surface area (Å²) in [6.45, 7) is 8.18. The number of hydrazine groups is 1. The molecule has 0 spiro atoms. The fourth-order valence-electron chi connectivity index (χ4n) is 1.71. The number of hydrogen-bond acceptors (Lipinski definition) is 4. The molecule has 5 heteroatoms. The van der Waals surface area contributed by atoms with E-state index in [0.29, 0.717) is 12.5 Å². The molecule has 0 aliphatic carbocycles. The van der Waals surface area contributed by atoms with E-state index in [9.17, 15) is 0 Å². The van der Waals surface area contributed by atoms with Crippen molar-refractivity contribution < 1.29 is 0 Å². The second kappa shape index (κ2) is 6.73. The SMILES string of the molecule is CC(CN=NN)CC(C)(C)CCNN. The van der Waals surface area contributed by atoms with Crippen LogP contribution in [0.3, 0.4) is 0 Å². The van der Waals surface area contributed by atoms with Gasteiger partial charge in [-0.15, -0.1) is 0 Å². The van der Waals surface area contributed by atoms with Crippen LogP contribution in [-0.2, 0) is 0 Å². The van der Waals surface area contributed by atoms with E-state index < -0.39 is 0 Å². The summed E-state index contributed by atoms with van der Waals surface area (Å²) in [5, 5.41) is 7.06. The van der Waals surface area contributed by atoms with E-state index in [4.69, 9.17) is 11.7 Å². The molecule has 0 aromatic rings. The second-order valence-electron chi connectivity index (χ2n) is 4.62. The first-order valence-electron chi connectivity index (χ1n) is 5.02. The van der Waals surface area contributed by atoms with Gasteiger partial charge in [0.15, 0.2) is 0 Å². The van der Waals surface area contributed by atoms with Gasteiger partial charge in [-0.1, -0.05) is 26.0 Å². The van der Waals surface area contributed by atoms with Crippen LogP contribution < -0.4 is 17.1 Å². The average molecular weight is 201 g/mol. The lowest BCUT2D eigenvalue weighted by Crippen LogP contribution is -2.28. The van der Waals surface area contributed by atoms with E-state index in [0.717, 1.165) is 19.4 Å². The Labute approximate surface area is 86.3 Å². The van der Waals surface area contributed by atoms with Gasteiger partial charge in [0.1, 0.15) is 0 Å². The lowest BCUT2D eigenvalue weighted by atomic mass is 9.80. The van der Waals surface area contributed by atoms with Crippen LogP contribution in [0, 0.1) is 11.3 Å². The molecule has 1 unspecified atom stereocenters. The third kappa shape index (κ3) is 6.80. The van der Waals surface area contributed by atoms with Gasteiger partial charge in [-0.25, -0.2) is 0 Å². The van der Waals surface area contributed by atoms with Crippen LogP contribution in [0.5, 0.6) is 0 Å². The van der Waals surface area contributed by atoms with Crippen molar-refractivity contribution in [1.82, 2.24) is 5.43 Å². The first-order chi connectivity index (χ1) is 6.52. The zero-order valence-electron chi connectivity index (χ0n) is 9.45. The van der Waals surface area contributed by atoms with Gasteiger partial charge in [0.2, 0.25) is 0 Å². The predicted octanol–water partition coefficient (Wildman–Crippen LogP) is 1.22. The fraction of sp³-hybridized carbons (Fsp3) is 1.00. The van der Waals surface area contributed by atoms with Crippen LogP contribution in [0.4, 0.5) is 0 Å². The largest absolute Gasteiger partial charge is 0.305 e. The number of hydrogen-bond donors (Lipinski definition) is 3. The van der Waals surface area contributed by atoms with Crippen molar-refractivity contribution in [1.29, 1.82) is 0 Å². The Bertz CT molecular complexity index is 167. The molecular weight excluding hydrogens is 178 g/mol. The number of nitrogens with two attached hydrogens (primary N) is 2. The molecule has 1 atom stereocenters. The standard InChI is InChI=1S/C9H23N5/c1-8(7-13-14-11)6-9(2,3)4-5-12-10/h8,12H,4-7,10H2,1-3H3,(H2,11,13). The molecule has 14 heavy (non-hydrogen) atoms. The summed E-state index contributed by atoms with van der Waals surface area (Å²) >= 11 is 0. The van der Waals surface area contributed by atoms with Crippen molar-refractivity contribution in [3.63, 3.8) is 0 Å². The maximum atomic E-state index is 5.25. The molecule has 0 radical (unpaired) electrons. The highest BCUT2D eigenvalue weighted by Crippen LogP contribution is 2.28. The van der Waals surface area contributed by atoms with Gasteiger partial charge in [-0.05, 0) is 24.2 Å². The minimum atomic E-state index is 0.288. The molecule has 0 heterocycles. The lowest BCUT2D eigenvalue weighted by Gasteiger charge is -2.27. The lowest BCUT2D eigenvalue weighted by molar-refractivity contribution is 0.256. The minimum Gasteiger partial charge on any atom is -0.305 e. The second-order valence-corrected chi connectivity index (χ2v) is 4.62. The quantitative estimate of drug-likeness (QED) is 0.329. The zero-order chi connectivity index (χ0) is 11.0. The Morgan fingerprint density at radius 1 is 1.43 bits per heavy atom. The van der Waals surface area contributed by atoms with Crippen LogP contribution in [0.25, 0.3) is 0 Å². The van der Waals surface area contributed by atoms with Gasteiger partial charge in [0.05, 0.1) is 6.54 Å². The molecule has 0 fully saturated rings. The van der Waals surface area contributed by atoms with Crippen molar-refractivity contribution in [2.24, 2.45) is 33.4 Å². The van der Waals surface area contributed by atoms with E-state index >= 15 is 0 Å². The molecule has 0 aliphatic rings. The van der Waals surface area contributed by atoms with Crippen molar-refractivity contribution >= 4 is 0 Å². The smallest absolute Gasteiger partial charge is 0.0645 e. The Balaban J connectivity index is 3.81. The third-order valence-electron chi connectivity index (χ3n) is 2.32. The van der Waals surface area contributed by atoms with E-state index in [1.807, 2.05) is 0 Å². The molecule has 0 amide bonds. The summed E-state index contributed by atoms with van der Waals surface area (Å²) in [6.07, 6.45) is 2.17. The molecular formula is C9H23N5. The van der Waals surface area contributed by atoms with Crippen LogP contribution in [0.1, 0.15) is 33.6 Å². The summed E-state index contributed by atoms with van der Waals surface area (Å²) in [6, 6.07) is 0. The summed E-state index contributed by atoms with van der Waals surface area (Å²) in [4.78, 5) is 0. The summed E-state index contributed by atoms with van der Waals surface area (Å²) in [5.74, 6) is 10.7. The Morgan fingerprint density at radius 2 is 2.07 bits per heavy atom. The molecule has 0 saturated heterocycles. The summed E-state index contributed by atoms with van der Waals surface area (Å²) in [5.41, 5.74) is 2.97. The van der Waals surface area contributed by atoms with Gasteiger partial charge >= 0.3 is 0 Å². The molecule has 0 aromatic carbocycles. The highest BCUT2D eigenvalue weighted by molar-refractivity contribution is 4.73. The van der Waals surface area contributed by atoms with Gasteiger partial charge in [-0.3, -0.25) is 11.3 Å². The summed E-state index contributed by atoms with van der Waals surface area (Å²) in [7, 11) is 0. The molecule has 0 bridgehead atoms. The molecule has 0 aromatic heterocycles. The highest BCUT2D eigenvalue weighted by Gasteiger charge is 2.20.